The minimum absolute atomic E-state index is 0.0395. The lowest BCUT2D eigenvalue weighted by atomic mass is 10.0. The van der Waals surface area contributed by atoms with Crippen molar-refractivity contribution in [2.24, 2.45) is 0 Å². The number of fused-ring (bicyclic) bond motifs is 1. The molecule has 1 aliphatic rings. The van der Waals surface area contributed by atoms with Crippen molar-refractivity contribution in [1.82, 2.24) is 4.98 Å². The lowest BCUT2D eigenvalue weighted by molar-refractivity contribution is -0.132. The third-order valence-electron chi connectivity index (χ3n) is 3.22. The summed E-state index contributed by atoms with van der Waals surface area (Å²) in [6, 6.07) is 1.99. The van der Waals surface area contributed by atoms with E-state index in [1.807, 2.05) is 19.2 Å². The summed E-state index contributed by atoms with van der Waals surface area (Å²) in [5.74, 6) is 1.68. The van der Waals surface area contributed by atoms with Gasteiger partial charge in [0.15, 0.2) is 17.2 Å². The summed E-state index contributed by atoms with van der Waals surface area (Å²) in [5.41, 5.74) is 0.301. The molecule has 98 valence electrons. The third-order valence-corrected chi connectivity index (χ3v) is 3.22. The molecule has 0 atom stereocenters. The molecular weight excluding hydrogens is 228 g/mol. The summed E-state index contributed by atoms with van der Waals surface area (Å²) in [6.45, 7) is 10.4. The van der Waals surface area contributed by atoms with Crippen LogP contribution in [-0.4, -0.2) is 23.0 Å². The molecule has 1 aromatic heterocycles. The molecule has 0 spiro atoms. The fraction of sp³-hybridized carbons (Fsp3) is 0.571. The Morgan fingerprint density at radius 2 is 2.11 bits per heavy atom. The van der Waals surface area contributed by atoms with Crippen molar-refractivity contribution in [3.8, 4) is 5.75 Å². The molecule has 1 amide bonds. The number of rotatable bonds is 2. The van der Waals surface area contributed by atoms with Gasteiger partial charge in [0.25, 0.3) is 5.91 Å². The number of aromatic nitrogens is 1. The van der Waals surface area contributed by atoms with Gasteiger partial charge >= 0.3 is 0 Å². The average molecular weight is 248 g/mol. The van der Waals surface area contributed by atoms with Crippen LogP contribution in [-0.2, 0) is 4.79 Å². The first-order chi connectivity index (χ1) is 8.36. The molecule has 0 N–H and O–H groups in total. The van der Waals surface area contributed by atoms with E-state index in [9.17, 15) is 4.79 Å². The van der Waals surface area contributed by atoms with Crippen LogP contribution in [0.3, 0.4) is 0 Å². The fourth-order valence-corrected chi connectivity index (χ4v) is 2.08. The minimum Gasteiger partial charge on any atom is -0.474 e. The Balaban J connectivity index is 2.52. The maximum atomic E-state index is 12.2. The summed E-state index contributed by atoms with van der Waals surface area (Å²) in [7, 11) is 0. The van der Waals surface area contributed by atoms with Gasteiger partial charge in [-0.05, 0) is 38.3 Å². The number of likely N-dealkylation sites (N-methyl/N-ethyl adjacent to an activating group) is 1. The number of pyridine rings is 1. The van der Waals surface area contributed by atoms with E-state index >= 15 is 0 Å². The van der Waals surface area contributed by atoms with Crippen molar-refractivity contribution in [2.75, 3.05) is 11.4 Å². The Morgan fingerprint density at radius 3 is 2.67 bits per heavy atom. The fourth-order valence-electron chi connectivity index (χ4n) is 2.08. The summed E-state index contributed by atoms with van der Waals surface area (Å²) >= 11 is 0. The molecule has 18 heavy (non-hydrogen) atoms. The van der Waals surface area contributed by atoms with Gasteiger partial charge in [0.1, 0.15) is 0 Å². The molecule has 1 aliphatic heterocycles. The number of carbonyl (C=O) groups excluding carboxylic acids is 1. The Morgan fingerprint density at radius 1 is 1.44 bits per heavy atom. The molecule has 2 heterocycles. The number of amides is 1. The van der Waals surface area contributed by atoms with E-state index in [1.54, 1.807) is 18.7 Å². The molecular formula is C14H20N2O2. The molecule has 0 aliphatic carbocycles. The molecule has 4 nitrogen and oxygen atoms in total. The molecule has 0 radical (unpaired) electrons. The van der Waals surface area contributed by atoms with Crippen LogP contribution < -0.4 is 9.64 Å². The normalized spacial score (nSPS) is 17.7. The quantitative estimate of drug-likeness (QED) is 0.808. The van der Waals surface area contributed by atoms with Crippen LogP contribution in [0.1, 0.15) is 46.1 Å². The number of carbonyl (C=O) groups is 1. The second-order valence-corrected chi connectivity index (χ2v) is 5.41. The molecule has 0 bridgehead atoms. The average Bonchev–Trinajstić information content (AvgIpc) is 2.29. The van der Waals surface area contributed by atoms with E-state index in [0.29, 0.717) is 24.0 Å². The van der Waals surface area contributed by atoms with E-state index in [4.69, 9.17) is 4.74 Å². The second kappa shape index (κ2) is 4.26. The van der Waals surface area contributed by atoms with Crippen molar-refractivity contribution in [2.45, 2.75) is 46.1 Å². The molecule has 0 unspecified atom stereocenters. The standard InChI is InChI=1S/C14H20N2O2/c1-6-16-12-11(18-14(4,5)13(16)17)7-10(8-15-12)9(2)3/h7-9H,6H2,1-5H3. The third kappa shape index (κ3) is 1.96. The van der Waals surface area contributed by atoms with Crippen molar-refractivity contribution in [3.63, 3.8) is 0 Å². The first-order valence-corrected chi connectivity index (χ1v) is 6.37. The summed E-state index contributed by atoms with van der Waals surface area (Å²) in [4.78, 5) is 18.3. The van der Waals surface area contributed by atoms with Crippen LogP contribution in [0, 0.1) is 0 Å². The van der Waals surface area contributed by atoms with Gasteiger partial charge < -0.3 is 4.74 Å². The van der Waals surface area contributed by atoms with Crippen LogP contribution in [0.2, 0.25) is 0 Å². The molecule has 0 aromatic carbocycles. The molecule has 1 aromatic rings. The smallest absolute Gasteiger partial charge is 0.271 e. The Kier molecular flexibility index (Phi) is 3.05. The van der Waals surface area contributed by atoms with Crippen LogP contribution in [0.4, 0.5) is 5.82 Å². The maximum absolute atomic E-state index is 12.2. The lowest BCUT2D eigenvalue weighted by Gasteiger charge is -2.37. The number of hydrogen-bond donors (Lipinski definition) is 0. The van der Waals surface area contributed by atoms with Crippen LogP contribution in [0.25, 0.3) is 0 Å². The van der Waals surface area contributed by atoms with Crippen LogP contribution in [0.15, 0.2) is 12.3 Å². The van der Waals surface area contributed by atoms with Gasteiger partial charge in [-0.3, -0.25) is 9.69 Å². The number of anilines is 1. The number of hydrogen-bond acceptors (Lipinski definition) is 3. The van der Waals surface area contributed by atoms with Crippen molar-refractivity contribution >= 4 is 11.7 Å². The second-order valence-electron chi connectivity index (χ2n) is 5.41. The summed E-state index contributed by atoms with van der Waals surface area (Å²) in [6.07, 6.45) is 1.82. The van der Waals surface area contributed by atoms with Gasteiger partial charge in [-0.1, -0.05) is 13.8 Å². The topological polar surface area (TPSA) is 42.4 Å². The van der Waals surface area contributed by atoms with Gasteiger partial charge in [0.2, 0.25) is 0 Å². The van der Waals surface area contributed by atoms with E-state index in [2.05, 4.69) is 18.8 Å². The highest BCUT2D eigenvalue weighted by Gasteiger charge is 2.41. The van der Waals surface area contributed by atoms with Gasteiger partial charge in [0.05, 0.1) is 0 Å². The predicted molar refractivity (Wildman–Crippen MR) is 71.1 cm³/mol. The monoisotopic (exact) mass is 248 g/mol. The van der Waals surface area contributed by atoms with E-state index in [1.165, 1.54) is 0 Å². The van der Waals surface area contributed by atoms with Crippen molar-refractivity contribution in [3.05, 3.63) is 17.8 Å². The van der Waals surface area contributed by atoms with Crippen molar-refractivity contribution < 1.29 is 9.53 Å². The molecule has 0 saturated heterocycles. The van der Waals surface area contributed by atoms with Gasteiger partial charge in [-0.25, -0.2) is 4.98 Å². The molecule has 2 rings (SSSR count). The largest absolute Gasteiger partial charge is 0.474 e. The zero-order chi connectivity index (χ0) is 13.5. The van der Waals surface area contributed by atoms with Crippen LogP contribution >= 0.6 is 0 Å². The molecule has 0 fully saturated rings. The Labute approximate surface area is 108 Å². The first-order valence-electron chi connectivity index (χ1n) is 6.37. The van der Waals surface area contributed by atoms with Crippen molar-refractivity contribution in [1.29, 1.82) is 0 Å². The summed E-state index contributed by atoms with van der Waals surface area (Å²) < 4.78 is 5.80. The highest BCUT2D eigenvalue weighted by Crippen LogP contribution is 2.37. The molecule has 4 heteroatoms. The van der Waals surface area contributed by atoms with Gasteiger partial charge in [-0.15, -0.1) is 0 Å². The van der Waals surface area contributed by atoms with Gasteiger partial charge in [0, 0.05) is 12.7 Å². The minimum atomic E-state index is -0.819. The Bertz CT molecular complexity index is 481. The lowest BCUT2D eigenvalue weighted by Crippen LogP contribution is -2.52. The van der Waals surface area contributed by atoms with E-state index < -0.39 is 5.60 Å². The number of ether oxygens (including phenoxy) is 1. The maximum Gasteiger partial charge on any atom is 0.271 e. The van der Waals surface area contributed by atoms with E-state index in [-0.39, 0.29) is 5.91 Å². The number of nitrogens with zero attached hydrogens (tertiary/aromatic N) is 2. The summed E-state index contributed by atoms with van der Waals surface area (Å²) in [5, 5.41) is 0. The van der Waals surface area contributed by atoms with E-state index in [0.717, 1.165) is 5.56 Å². The molecule has 0 saturated carbocycles. The predicted octanol–water partition coefficient (Wildman–Crippen LogP) is 2.73. The first kappa shape index (κ1) is 12.9. The Hall–Kier alpha value is -1.58. The zero-order valence-electron chi connectivity index (χ0n) is 11.7. The van der Waals surface area contributed by atoms with Crippen LogP contribution in [0.5, 0.6) is 5.75 Å². The van der Waals surface area contributed by atoms with Gasteiger partial charge in [-0.2, -0.15) is 0 Å². The highest BCUT2D eigenvalue weighted by molar-refractivity contribution is 6.01. The zero-order valence-corrected chi connectivity index (χ0v) is 11.7. The highest BCUT2D eigenvalue weighted by atomic mass is 16.5. The SMILES string of the molecule is CCN1C(=O)C(C)(C)Oc2cc(C(C)C)cnc21.